The van der Waals surface area contributed by atoms with Crippen LogP contribution < -0.4 is 12.4 Å². The fraction of sp³-hybridized carbons (Fsp3) is 0.739. The third-order valence-corrected chi connectivity index (χ3v) is 5.89. The average molecular weight is 368 g/mol. The smallest absolute Gasteiger partial charge is 0.121 e. The second kappa shape index (κ2) is 12.8. The van der Waals surface area contributed by atoms with Gasteiger partial charge in [-0.2, -0.15) is 0 Å². The molecule has 0 amide bonds. The normalized spacial score (nSPS) is 14.0. The first-order chi connectivity index (χ1) is 11.4. The zero-order chi connectivity index (χ0) is 17.9. The van der Waals surface area contributed by atoms with E-state index < -0.39 is 0 Å². The molecule has 0 spiro atoms. The van der Waals surface area contributed by atoms with E-state index in [1.165, 1.54) is 76.2 Å². The summed E-state index contributed by atoms with van der Waals surface area (Å²) in [6.07, 6.45) is 15.4. The molecule has 0 aliphatic heterocycles. The van der Waals surface area contributed by atoms with Crippen molar-refractivity contribution in [3.63, 3.8) is 0 Å². The molecule has 0 bridgehead atoms. The number of rotatable bonds is 13. The highest BCUT2D eigenvalue weighted by Gasteiger charge is 2.38. The largest absolute Gasteiger partial charge is 1.00 e. The Labute approximate surface area is 164 Å². The van der Waals surface area contributed by atoms with Crippen LogP contribution in [0.15, 0.2) is 30.3 Å². The fourth-order valence-electron chi connectivity index (χ4n) is 3.62. The Balaban J connectivity index is 0.00000576. The van der Waals surface area contributed by atoms with Gasteiger partial charge in [-0.15, -0.1) is 0 Å². The number of hydrogen-bond donors (Lipinski definition) is 0. The number of benzene rings is 1. The Morgan fingerprint density at radius 3 is 1.60 bits per heavy atom. The Bertz CT molecular complexity index is 423. The van der Waals surface area contributed by atoms with Crippen LogP contribution in [0.3, 0.4) is 0 Å². The van der Waals surface area contributed by atoms with Crippen LogP contribution in [0.25, 0.3) is 0 Å². The summed E-state index contributed by atoms with van der Waals surface area (Å²) >= 11 is 0. The van der Waals surface area contributed by atoms with E-state index in [0.29, 0.717) is 0 Å². The van der Waals surface area contributed by atoms with Crippen molar-refractivity contribution in [2.45, 2.75) is 90.0 Å². The molecule has 0 saturated heterocycles. The van der Waals surface area contributed by atoms with Crippen LogP contribution in [-0.4, -0.2) is 25.6 Å². The van der Waals surface area contributed by atoms with E-state index in [4.69, 9.17) is 0 Å². The van der Waals surface area contributed by atoms with Crippen molar-refractivity contribution in [3.05, 3.63) is 35.9 Å². The molecule has 0 N–H and O–H groups in total. The van der Waals surface area contributed by atoms with Crippen LogP contribution in [0, 0.1) is 0 Å². The molecule has 0 aromatic heterocycles. The van der Waals surface area contributed by atoms with Gasteiger partial charge in [0, 0.05) is 12.0 Å². The van der Waals surface area contributed by atoms with Crippen LogP contribution in [-0.2, 0) is 5.54 Å². The first-order valence-electron chi connectivity index (χ1n) is 10.3. The number of unbranched alkanes of at least 4 members (excludes halogenated alkanes) is 9. The molecular formula is C23H42ClN. The zero-order valence-electron chi connectivity index (χ0n) is 17.5. The lowest BCUT2D eigenvalue weighted by Gasteiger charge is -2.44. The van der Waals surface area contributed by atoms with Crippen LogP contribution in [0.4, 0.5) is 0 Å². The van der Waals surface area contributed by atoms with Crippen molar-refractivity contribution in [3.8, 4) is 0 Å². The lowest BCUT2D eigenvalue weighted by Crippen LogP contribution is -3.00. The van der Waals surface area contributed by atoms with Gasteiger partial charge in [0.1, 0.15) is 5.54 Å². The highest BCUT2D eigenvalue weighted by molar-refractivity contribution is 5.21. The van der Waals surface area contributed by atoms with Crippen molar-refractivity contribution in [2.24, 2.45) is 0 Å². The summed E-state index contributed by atoms with van der Waals surface area (Å²) in [6, 6.07) is 11.1. The fourth-order valence-corrected chi connectivity index (χ4v) is 3.62. The van der Waals surface area contributed by atoms with Gasteiger partial charge in [-0.3, -0.25) is 0 Å². The van der Waals surface area contributed by atoms with Crippen molar-refractivity contribution < 1.29 is 16.9 Å². The first-order valence-corrected chi connectivity index (χ1v) is 10.3. The monoisotopic (exact) mass is 367 g/mol. The maximum absolute atomic E-state index is 2.44. The summed E-state index contributed by atoms with van der Waals surface area (Å²) in [7, 11) is 7.01. The SMILES string of the molecule is CCCCCCCCCCCCC(C)(c1ccccc1)[N+](C)(C)C.[Cl-]. The highest BCUT2D eigenvalue weighted by atomic mass is 35.5. The molecule has 1 aromatic carbocycles. The average Bonchev–Trinajstić information content (AvgIpc) is 2.56. The lowest BCUT2D eigenvalue weighted by molar-refractivity contribution is -0.930. The summed E-state index contributed by atoms with van der Waals surface area (Å²) in [5.74, 6) is 0. The summed E-state index contributed by atoms with van der Waals surface area (Å²) in [5.41, 5.74) is 1.69. The Morgan fingerprint density at radius 1 is 0.720 bits per heavy atom. The van der Waals surface area contributed by atoms with E-state index in [1.54, 1.807) is 0 Å². The van der Waals surface area contributed by atoms with Gasteiger partial charge in [-0.05, 0) is 13.3 Å². The van der Waals surface area contributed by atoms with Crippen LogP contribution >= 0.6 is 0 Å². The molecule has 0 aliphatic rings. The van der Waals surface area contributed by atoms with Gasteiger partial charge in [0.15, 0.2) is 0 Å². The third-order valence-electron chi connectivity index (χ3n) is 5.89. The van der Waals surface area contributed by atoms with Crippen LogP contribution in [0.1, 0.15) is 90.0 Å². The van der Waals surface area contributed by atoms with Crippen molar-refractivity contribution in [1.82, 2.24) is 0 Å². The molecule has 146 valence electrons. The topological polar surface area (TPSA) is 0 Å². The summed E-state index contributed by atoms with van der Waals surface area (Å²) in [5, 5.41) is 0. The van der Waals surface area contributed by atoms with Gasteiger partial charge in [-0.25, -0.2) is 0 Å². The zero-order valence-corrected chi connectivity index (χ0v) is 18.2. The van der Waals surface area contributed by atoms with Crippen molar-refractivity contribution >= 4 is 0 Å². The van der Waals surface area contributed by atoms with E-state index in [9.17, 15) is 0 Å². The van der Waals surface area contributed by atoms with E-state index in [-0.39, 0.29) is 17.9 Å². The Hall–Kier alpha value is -0.530. The summed E-state index contributed by atoms with van der Waals surface area (Å²) in [4.78, 5) is 0. The molecule has 1 nitrogen and oxygen atoms in total. The van der Waals surface area contributed by atoms with E-state index in [1.807, 2.05) is 0 Å². The third kappa shape index (κ3) is 8.60. The quantitative estimate of drug-likeness (QED) is 0.366. The van der Waals surface area contributed by atoms with Crippen molar-refractivity contribution in [2.75, 3.05) is 21.1 Å². The van der Waals surface area contributed by atoms with Crippen LogP contribution in [0.2, 0.25) is 0 Å². The molecule has 0 saturated carbocycles. The maximum atomic E-state index is 2.44. The molecule has 1 aromatic rings. The molecule has 0 radical (unpaired) electrons. The Morgan fingerprint density at radius 2 is 1.16 bits per heavy atom. The highest BCUT2D eigenvalue weighted by Crippen LogP contribution is 2.36. The van der Waals surface area contributed by atoms with Crippen LogP contribution in [0.5, 0.6) is 0 Å². The second-order valence-corrected chi connectivity index (χ2v) is 8.58. The standard InChI is InChI=1S/C23H42N.ClH/c1-6-7-8-9-10-11-12-13-14-18-21-23(2,24(3,4)5)22-19-16-15-17-20-22;/h15-17,19-20H,6-14,18,21H2,1-5H3;1H/q+1;/p-1. The van der Waals surface area contributed by atoms with Crippen molar-refractivity contribution in [1.29, 1.82) is 0 Å². The maximum Gasteiger partial charge on any atom is 0.121 e. The molecule has 2 heteroatoms. The molecule has 0 heterocycles. The predicted octanol–water partition coefficient (Wildman–Crippen LogP) is 3.92. The lowest BCUT2D eigenvalue weighted by atomic mass is 9.83. The summed E-state index contributed by atoms with van der Waals surface area (Å²) in [6.45, 7) is 4.73. The number of nitrogens with zero attached hydrogens (tertiary/aromatic N) is 1. The van der Waals surface area contributed by atoms with Gasteiger partial charge in [0.25, 0.3) is 0 Å². The minimum Gasteiger partial charge on any atom is -1.00 e. The Kier molecular flexibility index (Phi) is 12.5. The van der Waals surface area contributed by atoms with E-state index in [2.05, 4.69) is 65.3 Å². The molecule has 0 aliphatic carbocycles. The first kappa shape index (κ1) is 24.5. The predicted molar refractivity (Wildman–Crippen MR) is 108 cm³/mol. The molecular weight excluding hydrogens is 326 g/mol. The number of halogens is 1. The van der Waals surface area contributed by atoms with Gasteiger partial charge < -0.3 is 16.9 Å². The molecule has 1 rings (SSSR count). The van der Waals surface area contributed by atoms with Gasteiger partial charge >= 0.3 is 0 Å². The minimum atomic E-state index is 0. The molecule has 0 fully saturated rings. The van der Waals surface area contributed by atoms with Gasteiger partial charge in [0.2, 0.25) is 0 Å². The second-order valence-electron chi connectivity index (χ2n) is 8.58. The molecule has 25 heavy (non-hydrogen) atoms. The summed E-state index contributed by atoms with van der Waals surface area (Å²) < 4.78 is 0.994. The van der Waals surface area contributed by atoms with Gasteiger partial charge in [-0.1, -0.05) is 95.0 Å². The number of quaternary nitrogens is 1. The van der Waals surface area contributed by atoms with E-state index >= 15 is 0 Å². The molecule has 1 atom stereocenters. The van der Waals surface area contributed by atoms with E-state index in [0.717, 1.165) is 4.48 Å². The molecule has 1 unspecified atom stereocenters. The number of hydrogen-bond acceptors (Lipinski definition) is 0. The minimum absolute atomic E-state index is 0. The van der Waals surface area contributed by atoms with Gasteiger partial charge in [0.05, 0.1) is 21.1 Å².